The fraction of sp³-hybridized carbons (Fsp3) is 0.0500. The third-order valence-electron chi connectivity index (χ3n) is 3.85. The molecule has 0 heterocycles. The second kappa shape index (κ2) is 8.20. The van der Waals surface area contributed by atoms with Crippen molar-refractivity contribution in [3.05, 3.63) is 81.8 Å². The van der Waals surface area contributed by atoms with E-state index in [-0.39, 0.29) is 17.1 Å². The van der Waals surface area contributed by atoms with Gasteiger partial charge in [0.15, 0.2) is 0 Å². The summed E-state index contributed by atoms with van der Waals surface area (Å²) in [5.74, 6) is -0.463. The number of aromatic hydroxyl groups is 2. The summed E-state index contributed by atoms with van der Waals surface area (Å²) >= 11 is 12.1. The van der Waals surface area contributed by atoms with Gasteiger partial charge in [0.2, 0.25) is 0 Å². The Morgan fingerprint density at radius 1 is 0.926 bits per heavy atom. The Balaban J connectivity index is 1.68. The number of halogens is 2. The van der Waals surface area contributed by atoms with E-state index in [0.717, 1.165) is 11.3 Å². The number of carbonyl (C=O) groups is 1. The fourth-order valence-corrected chi connectivity index (χ4v) is 2.82. The zero-order valence-corrected chi connectivity index (χ0v) is 15.6. The van der Waals surface area contributed by atoms with Crippen molar-refractivity contribution in [2.45, 2.75) is 6.54 Å². The number of benzene rings is 3. The summed E-state index contributed by atoms with van der Waals surface area (Å²) in [6.45, 7) is 0.554. The van der Waals surface area contributed by atoms with Gasteiger partial charge in [0.1, 0.15) is 11.5 Å². The van der Waals surface area contributed by atoms with E-state index in [2.05, 4.69) is 10.6 Å². The SMILES string of the molecule is O=C(Nc1ccc(NCc2ccc(O)cc2)cc1Cl)c1cc(Cl)ccc1O. The highest BCUT2D eigenvalue weighted by atomic mass is 35.5. The molecule has 0 radical (unpaired) electrons. The molecule has 0 fully saturated rings. The van der Waals surface area contributed by atoms with Crippen LogP contribution in [0.2, 0.25) is 10.0 Å². The van der Waals surface area contributed by atoms with Crippen LogP contribution in [-0.4, -0.2) is 16.1 Å². The summed E-state index contributed by atoms with van der Waals surface area (Å²) < 4.78 is 0. The molecule has 7 heteroatoms. The number of amides is 1. The molecule has 4 N–H and O–H groups in total. The third kappa shape index (κ3) is 4.84. The first-order valence-electron chi connectivity index (χ1n) is 8.03. The molecule has 1 amide bonds. The molecule has 0 aliphatic carbocycles. The molecule has 0 unspecified atom stereocenters. The molecule has 0 aliphatic rings. The van der Waals surface area contributed by atoms with E-state index in [1.54, 1.807) is 30.3 Å². The van der Waals surface area contributed by atoms with Gasteiger partial charge < -0.3 is 20.8 Å². The monoisotopic (exact) mass is 402 g/mol. The van der Waals surface area contributed by atoms with Crippen LogP contribution in [-0.2, 0) is 6.54 Å². The van der Waals surface area contributed by atoms with E-state index >= 15 is 0 Å². The zero-order valence-electron chi connectivity index (χ0n) is 14.0. The summed E-state index contributed by atoms with van der Waals surface area (Å²) in [6, 6.07) is 16.2. The standard InChI is InChI=1S/C20H16Cl2N2O3/c21-13-3-8-19(26)16(9-13)20(27)24-18-7-4-14(10-17(18)22)23-11-12-1-5-15(25)6-2-12/h1-10,23,25-26H,11H2,(H,24,27). The maximum Gasteiger partial charge on any atom is 0.259 e. The molecule has 3 aromatic rings. The predicted octanol–water partition coefficient (Wildman–Crippen LogP) is 5.27. The van der Waals surface area contributed by atoms with Gasteiger partial charge in [-0.25, -0.2) is 0 Å². The average Bonchev–Trinajstić information content (AvgIpc) is 2.65. The lowest BCUT2D eigenvalue weighted by Gasteiger charge is -2.12. The van der Waals surface area contributed by atoms with Gasteiger partial charge in [0.25, 0.3) is 5.91 Å². The predicted molar refractivity (Wildman–Crippen MR) is 108 cm³/mol. The minimum atomic E-state index is -0.512. The number of anilines is 2. The molecule has 0 saturated heterocycles. The molecular weight excluding hydrogens is 387 g/mol. The van der Waals surface area contributed by atoms with Crippen LogP contribution in [0.15, 0.2) is 60.7 Å². The second-order valence-electron chi connectivity index (χ2n) is 5.83. The van der Waals surface area contributed by atoms with E-state index in [1.807, 2.05) is 12.1 Å². The highest BCUT2D eigenvalue weighted by molar-refractivity contribution is 6.34. The molecule has 138 valence electrons. The molecule has 3 aromatic carbocycles. The Morgan fingerprint density at radius 2 is 1.67 bits per heavy atom. The Morgan fingerprint density at radius 3 is 2.37 bits per heavy atom. The number of phenolic OH excluding ortho intramolecular Hbond substituents is 2. The van der Waals surface area contributed by atoms with Gasteiger partial charge in [0, 0.05) is 17.3 Å². The molecule has 0 bridgehead atoms. The molecule has 27 heavy (non-hydrogen) atoms. The number of hydrogen-bond donors (Lipinski definition) is 4. The van der Waals surface area contributed by atoms with E-state index in [9.17, 15) is 15.0 Å². The van der Waals surface area contributed by atoms with Crippen molar-refractivity contribution >= 4 is 40.5 Å². The fourth-order valence-electron chi connectivity index (χ4n) is 2.42. The van der Waals surface area contributed by atoms with Crippen LogP contribution in [0.4, 0.5) is 11.4 Å². The van der Waals surface area contributed by atoms with Gasteiger partial charge in [-0.15, -0.1) is 0 Å². The van der Waals surface area contributed by atoms with Crippen LogP contribution in [0.3, 0.4) is 0 Å². The van der Waals surface area contributed by atoms with Gasteiger partial charge in [-0.1, -0.05) is 35.3 Å². The summed E-state index contributed by atoms with van der Waals surface area (Å²) in [6.07, 6.45) is 0. The van der Waals surface area contributed by atoms with Crippen LogP contribution < -0.4 is 10.6 Å². The second-order valence-corrected chi connectivity index (χ2v) is 6.67. The van der Waals surface area contributed by atoms with E-state index in [0.29, 0.717) is 22.3 Å². The minimum absolute atomic E-state index is 0.0631. The summed E-state index contributed by atoms with van der Waals surface area (Å²) in [7, 11) is 0. The van der Waals surface area contributed by atoms with E-state index in [1.165, 1.54) is 18.2 Å². The van der Waals surface area contributed by atoms with Crippen LogP contribution in [0.5, 0.6) is 11.5 Å². The highest BCUT2D eigenvalue weighted by Crippen LogP contribution is 2.28. The molecule has 3 rings (SSSR count). The third-order valence-corrected chi connectivity index (χ3v) is 4.40. The van der Waals surface area contributed by atoms with E-state index < -0.39 is 5.91 Å². The summed E-state index contributed by atoms with van der Waals surface area (Å²) in [5, 5.41) is 25.7. The number of rotatable bonds is 5. The topological polar surface area (TPSA) is 81.6 Å². The number of nitrogens with one attached hydrogen (secondary N) is 2. The summed E-state index contributed by atoms with van der Waals surface area (Å²) in [4.78, 5) is 12.3. The lowest BCUT2D eigenvalue weighted by atomic mass is 10.1. The average molecular weight is 403 g/mol. The quantitative estimate of drug-likeness (QED) is 0.468. The molecular formula is C20H16Cl2N2O3. The van der Waals surface area contributed by atoms with Crippen molar-refractivity contribution in [3.8, 4) is 11.5 Å². The van der Waals surface area contributed by atoms with Gasteiger partial charge in [0.05, 0.1) is 16.3 Å². The van der Waals surface area contributed by atoms with Gasteiger partial charge in [-0.3, -0.25) is 4.79 Å². The van der Waals surface area contributed by atoms with Gasteiger partial charge >= 0.3 is 0 Å². The normalized spacial score (nSPS) is 10.4. The Kier molecular flexibility index (Phi) is 5.74. The largest absolute Gasteiger partial charge is 0.508 e. The Bertz CT molecular complexity index is 975. The first-order chi connectivity index (χ1) is 12.9. The zero-order chi connectivity index (χ0) is 19.4. The number of phenols is 2. The maximum atomic E-state index is 12.3. The first kappa shape index (κ1) is 18.9. The first-order valence-corrected chi connectivity index (χ1v) is 8.79. The maximum absolute atomic E-state index is 12.3. The van der Waals surface area contributed by atoms with Crippen molar-refractivity contribution in [2.24, 2.45) is 0 Å². The Labute approximate surface area is 166 Å². The minimum Gasteiger partial charge on any atom is -0.508 e. The van der Waals surface area contributed by atoms with Crippen LogP contribution in [0.1, 0.15) is 15.9 Å². The Hall–Kier alpha value is -2.89. The van der Waals surface area contributed by atoms with Crippen molar-refractivity contribution in [1.29, 1.82) is 0 Å². The van der Waals surface area contributed by atoms with Crippen LogP contribution >= 0.6 is 23.2 Å². The highest BCUT2D eigenvalue weighted by Gasteiger charge is 2.13. The van der Waals surface area contributed by atoms with Crippen LogP contribution in [0, 0.1) is 0 Å². The van der Waals surface area contributed by atoms with Crippen molar-refractivity contribution in [1.82, 2.24) is 0 Å². The lowest BCUT2D eigenvalue weighted by molar-refractivity contribution is 0.102. The van der Waals surface area contributed by atoms with Crippen LogP contribution in [0.25, 0.3) is 0 Å². The molecule has 0 saturated carbocycles. The van der Waals surface area contributed by atoms with Gasteiger partial charge in [-0.05, 0) is 54.1 Å². The lowest BCUT2D eigenvalue weighted by Crippen LogP contribution is -2.12. The number of hydrogen-bond acceptors (Lipinski definition) is 4. The molecule has 5 nitrogen and oxygen atoms in total. The summed E-state index contributed by atoms with van der Waals surface area (Å²) in [5.41, 5.74) is 2.25. The van der Waals surface area contributed by atoms with Gasteiger partial charge in [-0.2, -0.15) is 0 Å². The molecule has 0 aliphatic heterocycles. The smallest absolute Gasteiger partial charge is 0.259 e. The molecule has 0 atom stereocenters. The van der Waals surface area contributed by atoms with Crippen molar-refractivity contribution < 1.29 is 15.0 Å². The van der Waals surface area contributed by atoms with E-state index in [4.69, 9.17) is 23.2 Å². The van der Waals surface area contributed by atoms with Crippen molar-refractivity contribution in [3.63, 3.8) is 0 Å². The molecule has 0 spiro atoms. The number of carbonyl (C=O) groups excluding carboxylic acids is 1. The van der Waals surface area contributed by atoms with Crippen molar-refractivity contribution in [2.75, 3.05) is 10.6 Å². The molecule has 0 aromatic heterocycles.